The van der Waals surface area contributed by atoms with E-state index in [1.54, 1.807) is 11.8 Å². The second-order valence-electron chi connectivity index (χ2n) is 5.44. The van der Waals surface area contributed by atoms with Crippen molar-refractivity contribution in [3.63, 3.8) is 0 Å². The lowest BCUT2D eigenvalue weighted by atomic mass is 10.2. The Morgan fingerprint density at radius 1 is 1.29 bits per heavy atom. The maximum Gasteiger partial charge on any atom is 0.233 e. The summed E-state index contributed by atoms with van der Waals surface area (Å²) in [5, 5.41) is 2.87. The van der Waals surface area contributed by atoms with E-state index in [1.807, 2.05) is 37.3 Å². The monoisotopic (exact) mass is 327 g/mol. The standard InChI is InChI=1S/C15H21NO3S2/c1-11(13-6-4-3-5-7-13)20-12(2)15(17)16-14-8-9-21(18,19)10-14/h3-7,11-12,14H,8-10H2,1-2H3,(H,16,17)/t11-,12+,14+/m1/s1. The Balaban J connectivity index is 1.85. The van der Waals surface area contributed by atoms with E-state index in [1.165, 1.54) is 5.56 Å². The summed E-state index contributed by atoms with van der Waals surface area (Å²) in [4.78, 5) is 12.2. The lowest BCUT2D eigenvalue weighted by molar-refractivity contribution is -0.120. The van der Waals surface area contributed by atoms with Gasteiger partial charge in [0.1, 0.15) is 0 Å². The fraction of sp³-hybridized carbons (Fsp3) is 0.533. The molecule has 1 aliphatic heterocycles. The molecule has 0 aliphatic carbocycles. The SMILES string of the molecule is C[C@H](S[C@H](C)c1ccccc1)C(=O)N[C@H]1CCS(=O)(=O)C1. The molecule has 0 spiro atoms. The van der Waals surface area contributed by atoms with E-state index in [0.717, 1.165) is 0 Å². The molecule has 1 heterocycles. The third-order valence-electron chi connectivity index (χ3n) is 3.63. The summed E-state index contributed by atoms with van der Waals surface area (Å²) in [6.45, 7) is 3.94. The predicted octanol–water partition coefficient (Wildman–Crippen LogP) is 2.17. The van der Waals surface area contributed by atoms with Crippen LogP contribution in [0.3, 0.4) is 0 Å². The first-order chi connectivity index (χ1) is 9.87. The van der Waals surface area contributed by atoms with Crippen LogP contribution in [0.25, 0.3) is 0 Å². The number of sulfone groups is 1. The van der Waals surface area contributed by atoms with Crippen molar-refractivity contribution in [1.82, 2.24) is 5.32 Å². The topological polar surface area (TPSA) is 63.2 Å². The van der Waals surface area contributed by atoms with Crippen LogP contribution in [0.5, 0.6) is 0 Å². The molecule has 0 saturated carbocycles. The van der Waals surface area contributed by atoms with Gasteiger partial charge in [0.05, 0.1) is 16.8 Å². The second-order valence-corrected chi connectivity index (χ2v) is 9.35. The van der Waals surface area contributed by atoms with Gasteiger partial charge in [-0.05, 0) is 25.8 Å². The van der Waals surface area contributed by atoms with Crippen LogP contribution in [0.15, 0.2) is 30.3 Å². The van der Waals surface area contributed by atoms with Gasteiger partial charge in [-0.2, -0.15) is 0 Å². The molecule has 2 rings (SSSR count). The molecule has 1 amide bonds. The number of benzene rings is 1. The van der Waals surface area contributed by atoms with E-state index < -0.39 is 9.84 Å². The first kappa shape index (κ1) is 16.4. The Hall–Kier alpha value is -1.01. The molecule has 0 radical (unpaired) electrons. The van der Waals surface area contributed by atoms with Crippen molar-refractivity contribution in [3.8, 4) is 0 Å². The van der Waals surface area contributed by atoms with Crippen LogP contribution in [-0.2, 0) is 14.6 Å². The summed E-state index contributed by atoms with van der Waals surface area (Å²) in [7, 11) is -2.95. The van der Waals surface area contributed by atoms with Crippen molar-refractivity contribution in [2.75, 3.05) is 11.5 Å². The second kappa shape index (κ2) is 6.83. The van der Waals surface area contributed by atoms with E-state index in [4.69, 9.17) is 0 Å². The highest BCUT2D eigenvalue weighted by Gasteiger charge is 2.30. The molecule has 4 nitrogen and oxygen atoms in total. The molecule has 21 heavy (non-hydrogen) atoms. The van der Waals surface area contributed by atoms with E-state index in [-0.39, 0.29) is 34.0 Å². The molecule has 1 aromatic rings. The minimum Gasteiger partial charge on any atom is -0.351 e. The van der Waals surface area contributed by atoms with Gasteiger partial charge in [0.15, 0.2) is 9.84 Å². The fourth-order valence-electron chi connectivity index (χ4n) is 2.40. The van der Waals surface area contributed by atoms with Gasteiger partial charge in [-0.3, -0.25) is 4.79 Å². The average Bonchev–Trinajstić information content (AvgIpc) is 2.78. The molecular formula is C15H21NO3S2. The first-order valence-corrected chi connectivity index (χ1v) is 9.85. The van der Waals surface area contributed by atoms with Crippen molar-refractivity contribution in [2.45, 2.75) is 36.8 Å². The van der Waals surface area contributed by atoms with E-state index in [2.05, 4.69) is 12.2 Å². The zero-order valence-electron chi connectivity index (χ0n) is 12.3. The average molecular weight is 327 g/mol. The number of hydrogen-bond donors (Lipinski definition) is 1. The van der Waals surface area contributed by atoms with Gasteiger partial charge in [0.25, 0.3) is 0 Å². The summed E-state index contributed by atoms with van der Waals surface area (Å²) in [6.07, 6.45) is 0.527. The Labute approximate surface area is 130 Å². The summed E-state index contributed by atoms with van der Waals surface area (Å²) >= 11 is 1.58. The molecule has 6 heteroatoms. The minimum absolute atomic E-state index is 0.0738. The molecule has 0 unspecified atom stereocenters. The van der Waals surface area contributed by atoms with Crippen LogP contribution in [0.4, 0.5) is 0 Å². The molecule has 116 valence electrons. The van der Waals surface area contributed by atoms with E-state index in [0.29, 0.717) is 6.42 Å². The molecular weight excluding hydrogens is 306 g/mol. The van der Waals surface area contributed by atoms with Crippen LogP contribution >= 0.6 is 11.8 Å². The smallest absolute Gasteiger partial charge is 0.233 e. The van der Waals surface area contributed by atoms with Gasteiger partial charge in [-0.25, -0.2) is 8.42 Å². The highest BCUT2D eigenvalue weighted by Crippen LogP contribution is 2.31. The van der Waals surface area contributed by atoms with Crippen molar-refractivity contribution in [3.05, 3.63) is 35.9 Å². The Kier molecular flexibility index (Phi) is 5.32. The van der Waals surface area contributed by atoms with Gasteiger partial charge in [0.2, 0.25) is 5.91 Å². The maximum absolute atomic E-state index is 12.2. The fourth-order valence-corrected chi connectivity index (χ4v) is 5.19. The molecule has 0 bridgehead atoms. The van der Waals surface area contributed by atoms with Crippen LogP contribution in [0.2, 0.25) is 0 Å². The Morgan fingerprint density at radius 3 is 2.52 bits per heavy atom. The van der Waals surface area contributed by atoms with Gasteiger partial charge >= 0.3 is 0 Å². The maximum atomic E-state index is 12.2. The largest absolute Gasteiger partial charge is 0.351 e. The first-order valence-electron chi connectivity index (χ1n) is 7.08. The number of rotatable bonds is 5. The van der Waals surface area contributed by atoms with Crippen LogP contribution in [0.1, 0.15) is 31.1 Å². The third kappa shape index (κ3) is 4.74. The Morgan fingerprint density at radius 2 is 1.95 bits per heavy atom. The summed E-state index contributed by atoms with van der Waals surface area (Å²) in [5.41, 5.74) is 1.19. The van der Waals surface area contributed by atoms with Crippen molar-refractivity contribution < 1.29 is 13.2 Å². The van der Waals surface area contributed by atoms with Crippen molar-refractivity contribution >= 4 is 27.5 Å². The summed E-state index contributed by atoms with van der Waals surface area (Å²) < 4.78 is 22.8. The lowest BCUT2D eigenvalue weighted by Crippen LogP contribution is -2.40. The predicted molar refractivity (Wildman–Crippen MR) is 87.1 cm³/mol. The van der Waals surface area contributed by atoms with Gasteiger partial charge in [-0.15, -0.1) is 11.8 Å². The highest BCUT2D eigenvalue weighted by atomic mass is 32.2. The molecule has 1 saturated heterocycles. The lowest BCUT2D eigenvalue weighted by Gasteiger charge is -2.19. The zero-order chi connectivity index (χ0) is 15.5. The molecule has 1 N–H and O–H groups in total. The third-order valence-corrected chi connectivity index (χ3v) is 6.70. The molecule has 1 fully saturated rings. The molecule has 0 aromatic heterocycles. The number of thioether (sulfide) groups is 1. The minimum atomic E-state index is -2.95. The number of hydrogen-bond acceptors (Lipinski definition) is 4. The zero-order valence-corrected chi connectivity index (χ0v) is 13.9. The van der Waals surface area contributed by atoms with Crippen LogP contribution in [-0.4, -0.2) is 37.1 Å². The molecule has 3 atom stereocenters. The Bertz CT molecular complexity index is 586. The molecule has 1 aromatic carbocycles. The normalized spacial score (nSPS) is 23.4. The van der Waals surface area contributed by atoms with Crippen molar-refractivity contribution in [2.24, 2.45) is 0 Å². The van der Waals surface area contributed by atoms with Gasteiger partial charge in [-0.1, -0.05) is 30.3 Å². The highest BCUT2D eigenvalue weighted by molar-refractivity contribution is 8.00. The quantitative estimate of drug-likeness (QED) is 0.900. The van der Waals surface area contributed by atoms with Gasteiger partial charge in [0, 0.05) is 11.3 Å². The van der Waals surface area contributed by atoms with E-state index in [9.17, 15) is 13.2 Å². The van der Waals surface area contributed by atoms with Crippen molar-refractivity contribution in [1.29, 1.82) is 0 Å². The van der Waals surface area contributed by atoms with Crippen LogP contribution in [0, 0.1) is 0 Å². The van der Waals surface area contributed by atoms with Gasteiger partial charge < -0.3 is 5.32 Å². The van der Waals surface area contributed by atoms with Crippen LogP contribution < -0.4 is 5.32 Å². The number of carbonyl (C=O) groups excluding carboxylic acids is 1. The molecule has 1 aliphatic rings. The number of carbonyl (C=O) groups is 1. The van der Waals surface area contributed by atoms with E-state index >= 15 is 0 Å². The summed E-state index contributed by atoms with van der Waals surface area (Å²) in [6, 6.07) is 9.81. The number of nitrogens with one attached hydrogen (secondary N) is 1. The number of amides is 1. The summed E-state index contributed by atoms with van der Waals surface area (Å²) in [5.74, 6) is 0.175.